The van der Waals surface area contributed by atoms with Gasteiger partial charge in [-0.25, -0.2) is 9.59 Å². The number of esters is 1. The summed E-state index contributed by atoms with van der Waals surface area (Å²) < 4.78 is 4.53. The molecule has 0 saturated carbocycles. The number of hydrogen-bond acceptors (Lipinski definition) is 6. The molecule has 0 bridgehead atoms. The molecule has 152 valence electrons. The summed E-state index contributed by atoms with van der Waals surface area (Å²) in [6.07, 6.45) is -0.522. The van der Waals surface area contributed by atoms with Gasteiger partial charge in [-0.3, -0.25) is 14.9 Å². The number of carboxylic acid groups (broad SMARTS) is 1. The molecule has 0 aromatic heterocycles. The van der Waals surface area contributed by atoms with Crippen LogP contribution in [0.25, 0.3) is 0 Å². The van der Waals surface area contributed by atoms with E-state index in [1.807, 2.05) is 0 Å². The smallest absolute Gasteiger partial charge is 0.407 e. The zero-order valence-corrected chi connectivity index (χ0v) is 15.7. The number of carbonyl (C=O) groups is 3. The number of hydrogen-bond donors (Lipinski definition) is 2. The number of amides is 2. The maximum Gasteiger partial charge on any atom is 0.407 e. The van der Waals surface area contributed by atoms with Gasteiger partial charge in [0.25, 0.3) is 11.6 Å². The first-order valence-electron chi connectivity index (χ1n) is 8.44. The number of nitro benzene ring substituents is 1. The van der Waals surface area contributed by atoms with Gasteiger partial charge in [0.15, 0.2) is 0 Å². The Bertz CT molecular complexity index is 941. The van der Waals surface area contributed by atoms with Crippen LogP contribution in [0, 0.1) is 10.1 Å². The molecule has 2 rings (SSSR count). The quantitative estimate of drug-likeness (QED) is 0.413. The van der Waals surface area contributed by atoms with Gasteiger partial charge in [-0.05, 0) is 36.2 Å². The van der Waals surface area contributed by atoms with Crippen molar-refractivity contribution in [3.8, 4) is 0 Å². The van der Waals surface area contributed by atoms with E-state index in [1.165, 1.54) is 19.2 Å². The second kappa shape index (κ2) is 9.31. The molecule has 0 aliphatic heterocycles. The van der Waals surface area contributed by atoms with Gasteiger partial charge in [0.2, 0.25) is 0 Å². The van der Waals surface area contributed by atoms with Crippen LogP contribution in [0.15, 0.2) is 42.5 Å². The third kappa shape index (κ3) is 5.51. The summed E-state index contributed by atoms with van der Waals surface area (Å²) in [5, 5.41) is 22.7. The molecular formula is C19H19N3O7. The summed E-state index contributed by atoms with van der Waals surface area (Å²) in [5.74, 6) is -1.45. The number of ether oxygens (including phenoxy) is 1. The molecule has 0 fully saturated rings. The van der Waals surface area contributed by atoms with E-state index in [2.05, 4.69) is 10.1 Å². The lowest BCUT2D eigenvalue weighted by atomic mass is 10.1. The molecule has 10 nitrogen and oxygen atoms in total. The van der Waals surface area contributed by atoms with Crippen molar-refractivity contribution >= 4 is 29.3 Å². The van der Waals surface area contributed by atoms with Gasteiger partial charge in [-0.15, -0.1) is 0 Å². The summed E-state index contributed by atoms with van der Waals surface area (Å²) in [6, 6.07) is 10.1. The monoisotopic (exact) mass is 401 g/mol. The summed E-state index contributed by atoms with van der Waals surface area (Å²) in [5.41, 5.74) is 0.529. The predicted molar refractivity (Wildman–Crippen MR) is 103 cm³/mol. The Balaban J connectivity index is 2.12. The van der Waals surface area contributed by atoms with Gasteiger partial charge in [-0.1, -0.05) is 12.1 Å². The second-order valence-electron chi connectivity index (χ2n) is 6.09. The van der Waals surface area contributed by atoms with Crippen LogP contribution in [0.4, 0.5) is 16.2 Å². The van der Waals surface area contributed by atoms with Crippen molar-refractivity contribution in [1.29, 1.82) is 0 Å². The third-order valence-electron chi connectivity index (χ3n) is 4.13. The van der Waals surface area contributed by atoms with Crippen molar-refractivity contribution in [2.45, 2.75) is 6.42 Å². The van der Waals surface area contributed by atoms with Crippen LogP contribution in [0.1, 0.15) is 26.3 Å². The molecule has 0 heterocycles. The molecule has 0 aliphatic carbocycles. The molecule has 0 saturated heterocycles. The molecule has 2 N–H and O–H groups in total. The Kier molecular flexibility index (Phi) is 6.85. The lowest BCUT2D eigenvalue weighted by Crippen LogP contribution is -2.26. The standard InChI is InChI=1S/C19H19N3O7/c1-21(19(25)26)10-9-12-3-6-14(7-4-12)20-17(23)15-8-5-13(18(24)29-2)11-16(15)22(27)28/h3-8,11H,9-10H2,1-2H3,(H,20,23)(H,25,26). The molecule has 0 unspecified atom stereocenters. The number of likely N-dealkylation sites (N-methyl/N-ethyl adjacent to an activating group) is 1. The average molecular weight is 401 g/mol. The van der Waals surface area contributed by atoms with E-state index in [0.717, 1.165) is 23.6 Å². The number of benzene rings is 2. The van der Waals surface area contributed by atoms with E-state index in [0.29, 0.717) is 18.7 Å². The molecule has 29 heavy (non-hydrogen) atoms. The molecule has 0 aliphatic rings. The van der Waals surface area contributed by atoms with E-state index < -0.39 is 28.6 Å². The van der Waals surface area contributed by atoms with Crippen LogP contribution in [0.5, 0.6) is 0 Å². The normalized spacial score (nSPS) is 10.1. The molecule has 10 heteroatoms. The van der Waals surface area contributed by atoms with E-state index in [4.69, 9.17) is 5.11 Å². The minimum absolute atomic E-state index is 0.0357. The maximum absolute atomic E-state index is 12.5. The van der Waals surface area contributed by atoms with Crippen molar-refractivity contribution < 1.29 is 29.2 Å². The van der Waals surface area contributed by atoms with Gasteiger partial charge in [0, 0.05) is 25.3 Å². The summed E-state index contributed by atoms with van der Waals surface area (Å²) in [6.45, 7) is 0.319. The number of nitrogens with zero attached hydrogens (tertiary/aromatic N) is 2. The number of nitro groups is 1. The Morgan fingerprint density at radius 2 is 1.83 bits per heavy atom. The van der Waals surface area contributed by atoms with Gasteiger partial charge in [0.1, 0.15) is 5.56 Å². The van der Waals surface area contributed by atoms with Gasteiger partial charge < -0.3 is 20.1 Å². The Hall–Kier alpha value is -3.95. The highest BCUT2D eigenvalue weighted by Gasteiger charge is 2.23. The number of rotatable bonds is 7. The SMILES string of the molecule is COC(=O)c1ccc(C(=O)Nc2ccc(CCN(C)C(=O)O)cc2)c([N+](=O)[O-])c1. The van der Waals surface area contributed by atoms with Crippen molar-refractivity contribution in [3.63, 3.8) is 0 Å². The number of methoxy groups -OCH3 is 1. The van der Waals surface area contributed by atoms with Gasteiger partial charge in [-0.2, -0.15) is 0 Å². The van der Waals surface area contributed by atoms with E-state index in [9.17, 15) is 24.5 Å². The first-order valence-corrected chi connectivity index (χ1v) is 8.44. The fourth-order valence-corrected chi connectivity index (χ4v) is 2.47. The van der Waals surface area contributed by atoms with E-state index in [-0.39, 0.29) is 11.1 Å². The highest BCUT2D eigenvalue weighted by molar-refractivity contribution is 6.07. The fourth-order valence-electron chi connectivity index (χ4n) is 2.47. The number of anilines is 1. The summed E-state index contributed by atoms with van der Waals surface area (Å²) in [7, 11) is 2.62. The Morgan fingerprint density at radius 1 is 1.17 bits per heavy atom. The molecule has 2 amide bonds. The lowest BCUT2D eigenvalue weighted by Gasteiger charge is -2.13. The Labute approximate surface area is 165 Å². The zero-order chi connectivity index (χ0) is 21.6. The maximum atomic E-state index is 12.5. The van der Waals surface area contributed by atoms with Crippen molar-refractivity contribution in [3.05, 3.63) is 69.3 Å². The minimum atomic E-state index is -1.02. The van der Waals surface area contributed by atoms with Crippen LogP contribution in [-0.2, 0) is 11.2 Å². The van der Waals surface area contributed by atoms with Crippen LogP contribution in [0.3, 0.4) is 0 Å². The fraction of sp³-hybridized carbons (Fsp3) is 0.211. The molecule has 0 atom stereocenters. The van der Waals surface area contributed by atoms with Crippen LogP contribution < -0.4 is 5.32 Å². The summed E-state index contributed by atoms with van der Waals surface area (Å²) >= 11 is 0. The predicted octanol–water partition coefficient (Wildman–Crippen LogP) is 2.79. The van der Waals surface area contributed by atoms with Crippen molar-refractivity contribution in [2.75, 3.05) is 26.0 Å². The topological polar surface area (TPSA) is 139 Å². The number of nitrogens with one attached hydrogen (secondary N) is 1. The first-order chi connectivity index (χ1) is 13.7. The average Bonchev–Trinajstić information content (AvgIpc) is 2.71. The second-order valence-corrected chi connectivity index (χ2v) is 6.09. The number of carbonyl (C=O) groups excluding carboxylic acids is 2. The van der Waals surface area contributed by atoms with Gasteiger partial charge >= 0.3 is 12.1 Å². The van der Waals surface area contributed by atoms with Crippen molar-refractivity contribution in [2.24, 2.45) is 0 Å². The first kappa shape index (κ1) is 21.4. The molecule has 2 aromatic carbocycles. The highest BCUT2D eigenvalue weighted by Crippen LogP contribution is 2.22. The molecule has 2 aromatic rings. The van der Waals surface area contributed by atoms with Crippen LogP contribution >= 0.6 is 0 Å². The van der Waals surface area contributed by atoms with E-state index >= 15 is 0 Å². The summed E-state index contributed by atoms with van der Waals surface area (Å²) in [4.78, 5) is 46.5. The van der Waals surface area contributed by atoms with E-state index in [1.54, 1.807) is 24.3 Å². The van der Waals surface area contributed by atoms with Crippen LogP contribution in [0.2, 0.25) is 0 Å². The third-order valence-corrected chi connectivity index (χ3v) is 4.13. The molecule has 0 radical (unpaired) electrons. The zero-order valence-electron chi connectivity index (χ0n) is 15.7. The largest absolute Gasteiger partial charge is 0.465 e. The minimum Gasteiger partial charge on any atom is -0.465 e. The van der Waals surface area contributed by atoms with Crippen LogP contribution in [-0.4, -0.2) is 53.6 Å². The van der Waals surface area contributed by atoms with Gasteiger partial charge in [0.05, 0.1) is 17.6 Å². The lowest BCUT2D eigenvalue weighted by molar-refractivity contribution is -0.385. The molecule has 0 spiro atoms. The Morgan fingerprint density at radius 3 is 2.38 bits per heavy atom. The molecular weight excluding hydrogens is 382 g/mol. The highest BCUT2D eigenvalue weighted by atomic mass is 16.6. The van der Waals surface area contributed by atoms with Crippen molar-refractivity contribution in [1.82, 2.24) is 4.90 Å².